The number of rotatable bonds is 1. The van der Waals surface area contributed by atoms with E-state index in [2.05, 4.69) is 6.92 Å². The standard InChI is InChI=1S/C8H15F/c1-2-7-3-5-8(9)6-4-7/h7-8H,2-6H2,1H3. The Balaban J connectivity index is 2.18. The number of hydrogen-bond acceptors (Lipinski definition) is 0. The highest BCUT2D eigenvalue weighted by Gasteiger charge is 2.18. The molecule has 0 saturated heterocycles. The van der Waals surface area contributed by atoms with Gasteiger partial charge in [0.1, 0.15) is 6.17 Å². The van der Waals surface area contributed by atoms with E-state index < -0.39 is 6.17 Å². The van der Waals surface area contributed by atoms with Crippen molar-refractivity contribution in [2.45, 2.75) is 45.2 Å². The topological polar surface area (TPSA) is 0 Å². The summed E-state index contributed by atoms with van der Waals surface area (Å²) in [6, 6.07) is 0. The van der Waals surface area contributed by atoms with E-state index in [1.54, 1.807) is 0 Å². The second kappa shape index (κ2) is 3.19. The lowest BCUT2D eigenvalue weighted by molar-refractivity contribution is 0.204. The van der Waals surface area contributed by atoms with Crippen molar-refractivity contribution in [1.29, 1.82) is 0 Å². The second-order valence-electron chi connectivity index (χ2n) is 3.03. The highest BCUT2D eigenvalue weighted by atomic mass is 19.1. The zero-order valence-electron chi connectivity index (χ0n) is 6.07. The van der Waals surface area contributed by atoms with Crippen LogP contribution in [0.3, 0.4) is 0 Å². The number of halogens is 1. The summed E-state index contributed by atoms with van der Waals surface area (Å²) in [7, 11) is 0. The van der Waals surface area contributed by atoms with Gasteiger partial charge in [-0.25, -0.2) is 4.39 Å². The molecule has 54 valence electrons. The fraction of sp³-hybridized carbons (Fsp3) is 1.00. The van der Waals surface area contributed by atoms with Crippen LogP contribution in [0.5, 0.6) is 0 Å². The molecule has 0 unspecified atom stereocenters. The highest BCUT2D eigenvalue weighted by molar-refractivity contribution is 4.70. The molecule has 0 bridgehead atoms. The van der Waals surface area contributed by atoms with Crippen LogP contribution in [-0.2, 0) is 0 Å². The summed E-state index contributed by atoms with van der Waals surface area (Å²) >= 11 is 0. The molecule has 0 aromatic carbocycles. The van der Waals surface area contributed by atoms with E-state index in [1.165, 1.54) is 6.42 Å². The Morgan fingerprint density at radius 3 is 2.22 bits per heavy atom. The average molecular weight is 130 g/mol. The SMILES string of the molecule is CCC1CCC(F)CC1. The molecule has 9 heavy (non-hydrogen) atoms. The van der Waals surface area contributed by atoms with Gasteiger partial charge in [-0.2, -0.15) is 0 Å². The Hall–Kier alpha value is -0.0700. The van der Waals surface area contributed by atoms with Crippen LogP contribution >= 0.6 is 0 Å². The van der Waals surface area contributed by atoms with Crippen LogP contribution in [0, 0.1) is 5.92 Å². The Bertz CT molecular complexity index is 72.6. The Kier molecular flexibility index (Phi) is 2.49. The van der Waals surface area contributed by atoms with Gasteiger partial charge in [0.25, 0.3) is 0 Å². The summed E-state index contributed by atoms with van der Waals surface area (Å²) in [5.74, 6) is 0.831. The predicted molar refractivity (Wildman–Crippen MR) is 37.1 cm³/mol. The van der Waals surface area contributed by atoms with E-state index in [0.717, 1.165) is 31.6 Å². The maximum absolute atomic E-state index is 12.5. The van der Waals surface area contributed by atoms with E-state index >= 15 is 0 Å². The Morgan fingerprint density at radius 1 is 1.22 bits per heavy atom. The zero-order valence-corrected chi connectivity index (χ0v) is 6.07. The molecular formula is C8H15F. The molecule has 0 aromatic heterocycles. The monoisotopic (exact) mass is 130 g/mol. The molecule has 0 radical (unpaired) electrons. The minimum Gasteiger partial charge on any atom is -0.247 e. The van der Waals surface area contributed by atoms with Gasteiger partial charge in [-0.15, -0.1) is 0 Å². The second-order valence-corrected chi connectivity index (χ2v) is 3.03. The smallest absolute Gasteiger partial charge is 0.100 e. The van der Waals surface area contributed by atoms with Crippen LogP contribution in [0.4, 0.5) is 4.39 Å². The van der Waals surface area contributed by atoms with Crippen molar-refractivity contribution in [2.24, 2.45) is 5.92 Å². The maximum atomic E-state index is 12.5. The number of alkyl halides is 1. The van der Waals surface area contributed by atoms with Crippen molar-refractivity contribution in [3.63, 3.8) is 0 Å². The molecular weight excluding hydrogens is 115 g/mol. The predicted octanol–water partition coefficient (Wildman–Crippen LogP) is 2.92. The van der Waals surface area contributed by atoms with Crippen molar-refractivity contribution < 1.29 is 4.39 Å². The molecule has 1 saturated carbocycles. The average Bonchev–Trinajstić information content (AvgIpc) is 1.90. The zero-order chi connectivity index (χ0) is 6.69. The molecule has 1 fully saturated rings. The van der Waals surface area contributed by atoms with Gasteiger partial charge < -0.3 is 0 Å². The molecule has 1 rings (SSSR count). The van der Waals surface area contributed by atoms with Crippen LogP contribution < -0.4 is 0 Å². The lowest BCUT2D eigenvalue weighted by Crippen LogP contribution is -2.13. The molecule has 0 nitrogen and oxygen atoms in total. The first-order chi connectivity index (χ1) is 4.33. The summed E-state index contributed by atoms with van der Waals surface area (Å²) < 4.78 is 12.5. The van der Waals surface area contributed by atoms with Crippen molar-refractivity contribution in [3.05, 3.63) is 0 Å². The molecule has 1 aliphatic carbocycles. The van der Waals surface area contributed by atoms with E-state index in [1.807, 2.05) is 0 Å². The normalized spacial score (nSPS) is 36.7. The van der Waals surface area contributed by atoms with Gasteiger partial charge in [-0.1, -0.05) is 13.3 Å². The minimum absolute atomic E-state index is 0.479. The maximum Gasteiger partial charge on any atom is 0.100 e. The third-order valence-corrected chi connectivity index (χ3v) is 2.35. The van der Waals surface area contributed by atoms with Crippen LogP contribution in [0.15, 0.2) is 0 Å². The van der Waals surface area contributed by atoms with Crippen molar-refractivity contribution in [2.75, 3.05) is 0 Å². The van der Waals surface area contributed by atoms with Gasteiger partial charge in [-0.05, 0) is 31.6 Å². The van der Waals surface area contributed by atoms with Crippen molar-refractivity contribution >= 4 is 0 Å². The molecule has 0 spiro atoms. The highest BCUT2D eigenvalue weighted by Crippen LogP contribution is 2.27. The lowest BCUT2D eigenvalue weighted by Gasteiger charge is -2.22. The Labute approximate surface area is 56.5 Å². The first-order valence-electron chi connectivity index (χ1n) is 3.97. The Morgan fingerprint density at radius 2 is 1.78 bits per heavy atom. The van der Waals surface area contributed by atoms with Gasteiger partial charge in [0, 0.05) is 0 Å². The van der Waals surface area contributed by atoms with Crippen molar-refractivity contribution in [1.82, 2.24) is 0 Å². The third-order valence-electron chi connectivity index (χ3n) is 2.35. The summed E-state index contributed by atoms with van der Waals surface area (Å²) in [6.07, 6.45) is 4.65. The lowest BCUT2D eigenvalue weighted by atomic mass is 9.87. The molecule has 1 heteroatoms. The first kappa shape index (κ1) is 7.04. The van der Waals surface area contributed by atoms with Gasteiger partial charge >= 0.3 is 0 Å². The van der Waals surface area contributed by atoms with E-state index in [0.29, 0.717) is 0 Å². The quantitative estimate of drug-likeness (QED) is 0.512. The van der Waals surface area contributed by atoms with Crippen molar-refractivity contribution in [3.8, 4) is 0 Å². The summed E-state index contributed by atoms with van der Waals surface area (Å²) in [6.45, 7) is 2.20. The fourth-order valence-corrected chi connectivity index (χ4v) is 1.53. The molecule has 0 N–H and O–H groups in total. The van der Waals surface area contributed by atoms with Crippen LogP contribution in [-0.4, -0.2) is 6.17 Å². The molecule has 0 aromatic rings. The molecule has 0 atom stereocenters. The van der Waals surface area contributed by atoms with Crippen LogP contribution in [0.2, 0.25) is 0 Å². The van der Waals surface area contributed by atoms with Gasteiger partial charge in [0.2, 0.25) is 0 Å². The van der Waals surface area contributed by atoms with E-state index in [4.69, 9.17) is 0 Å². The number of hydrogen-bond donors (Lipinski definition) is 0. The largest absolute Gasteiger partial charge is 0.247 e. The van der Waals surface area contributed by atoms with E-state index in [9.17, 15) is 4.39 Å². The minimum atomic E-state index is -0.479. The van der Waals surface area contributed by atoms with E-state index in [-0.39, 0.29) is 0 Å². The van der Waals surface area contributed by atoms with Crippen LogP contribution in [0.1, 0.15) is 39.0 Å². The molecule has 0 heterocycles. The van der Waals surface area contributed by atoms with Gasteiger partial charge in [-0.3, -0.25) is 0 Å². The summed E-state index contributed by atoms with van der Waals surface area (Å²) in [5, 5.41) is 0. The molecule has 1 aliphatic rings. The first-order valence-corrected chi connectivity index (χ1v) is 3.97. The third kappa shape index (κ3) is 1.96. The molecule has 0 amide bonds. The van der Waals surface area contributed by atoms with Crippen LogP contribution in [0.25, 0.3) is 0 Å². The summed E-state index contributed by atoms with van der Waals surface area (Å²) in [4.78, 5) is 0. The van der Waals surface area contributed by atoms with Gasteiger partial charge in [0.15, 0.2) is 0 Å². The van der Waals surface area contributed by atoms with Gasteiger partial charge in [0.05, 0.1) is 0 Å². The molecule has 0 aliphatic heterocycles. The summed E-state index contributed by atoms with van der Waals surface area (Å²) in [5.41, 5.74) is 0. The fourth-order valence-electron chi connectivity index (χ4n) is 1.53.